The predicted molar refractivity (Wildman–Crippen MR) is 107 cm³/mol. The lowest BCUT2D eigenvalue weighted by Crippen LogP contribution is -2.26. The number of carbonyl (C=O) groups excluding carboxylic acids is 1. The highest BCUT2D eigenvalue weighted by Gasteiger charge is 2.16. The lowest BCUT2D eigenvalue weighted by Gasteiger charge is -2.12. The molecule has 4 rings (SSSR count). The summed E-state index contributed by atoms with van der Waals surface area (Å²) in [6.45, 7) is 1.49. The quantitative estimate of drug-likeness (QED) is 0.527. The molecule has 0 aliphatic carbocycles. The van der Waals surface area contributed by atoms with Gasteiger partial charge in [-0.2, -0.15) is 0 Å². The van der Waals surface area contributed by atoms with E-state index in [0.717, 1.165) is 21.7 Å². The van der Waals surface area contributed by atoms with E-state index in [-0.39, 0.29) is 5.91 Å². The van der Waals surface area contributed by atoms with Crippen molar-refractivity contribution in [3.8, 4) is 5.75 Å². The predicted octanol–water partition coefficient (Wildman–Crippen LogP) is 4.11. The highest BCUT2D eigenvalue weighted by atomic mass is 32.1. The Kier molecular flexibility index (Phi) is 5.16. The lowest BCUT2D eigenvalue weighted by atomic mass is 10.3. The van der Waals surface area contributed by atoms with Crippen molar-refractivity contribution in [2.45, 2.75) is 13.1 Å². The Morgan fingerprint density at radius 2 is 1.96 bits per heavy atom. The number of aromatic nitrogens is 2. The first-order chi connectivity index (χ1) is 13.3. The van der Waals surface area contributed by atoms with Crippen LogP contribution in [0.4, 0.5) is 0 Å². The van der Waals surface area contributed by atoms with E-state index in [1.165, 1.54) is 0 Å². The van der Waals surface area contributed by atoms with Crippen LogP contribution < -0.4 is 10.1 Å². The van der Waals surface area contributed by atoms with Gasteiger partial charge in [-0.25, -0.2) is 0 Å². The van der Waals surface area contributed by atoms with Gasteiger partial charge < -0.3 is 14.6 Å². The number of benzene rings is 1. The smallest absolute Gasteiger partial charge is 0.268 e. The number of rotatable bonds is 7. The second-order valence-electron chi connectivity index (χ2n) is 6.02. The molecule has 0 saturated carbocycles. The molecular weight excluding hydrogens is 358 g/mol. The van der Waals surface area contributed by atoms with Gasteiger partial charge in [0.25, 0.3) is 5.91 Å². The summed E-state index contributed by atoms with van der Waals surface area (Å²) in [6, 6.07) is 19.3. The van der Waals surface area contributed by atoms with E-state index >= 15 is 0 Å². The lowest BCUT2D eigenvalue weighted by molar-refractivity contribution is 0.0940. The normalized spacial score (nSPS) is 10.8. The molecule has 0 fully saturated rings. The number of ether oxygens (including phenoxy) is 1. The molecule has 0 atom stereocenters. The van der Waals surface area contributed by atoms with Crippen LogP contribution in [0.2, 0.25) is 0 Å². The maximum atomic E-state index is 12.7. The van der Waals surface area contributed by atoms with Crippen LogP contribution in [-0.2, 0) is 13.1 Å². The Hall–Kier alpha value is -3.12. The molecule has 27 heavy (non-hydrogen) atoms. The molecule has 3 heterocycles. The number of nitrogens with zero attached hydrogens (tertiary/aromatic N) is 2. The van der Waals surface area contributed by atoms with Crippen molar-refractivity contribution in [3.63, 3.8) is 0 Å². The molecule has 0 saturated heterocycles. The minimum atomic E-state index is -0.108. The molecule has 1 N–H and O–H groups in total. The maximum absolute atomic E-state index is 12.7. The Labute approximate surface area is 161 Å². The van der Waals surface area contributed by atoms with Gasteiger partial charge >= 0.3 is 0 Å². The number of carbonyl (C=O) groups is 1. The van der Waals surface area contributed by atoms with Crippen LogP contribution in [-0.4, -0.2) is 22.1 Å². The SMILES string of the molecule is O=C(NCc1ccccn1)c1cc2sccc2n1CCOc1ccccc1. The molecular formula is C21H19N3O2S. The first-order valence-corrected chi connectivity index (χ1v) is 9.62. The van der Waals surface area contributed by atoms with Crippen molar-refractivity contribution in [3.05, 3.63) is 83.6 Å². The number of thiophene rings is 1. The fraction of sp³-hybridized carbons (Fsp3) is 0.143. The summed E-state index contributed by atoms with van der Waals surface area (Å²) in [5, 5.41) is 4.99. The number of amides is 1. The average molecular weight is 377 g/mol. The Morgan fingerprint density at radius 3 is 2.78 bits per heavy atom. The average Bonchev–Trinajstić information content (AvgIpc) is 3.30. The van der Waals surface area contributed by atoms with Crippen molar-refractivity contribution in [1.29, 1.82) is 0 Å². The molecule has 0 aliphatic rings. The van der Waals surface area contributed by atoms with Crippen LogP contribution in [0.5, 0.6) is 5.75 Å². The largest absolute Gasteiger partial charge is 0.492 e. The molecule has 3 aromatic heterocycles. The van der Waals surface area contributed by atoms with Crippen molar-refractivity contribution in [1.82, 2.24) is 14.9 Å². The summed E-state index contributed by atoms with van der Waals surface area (Å²) in [7, 11) is 0. The summed E-state index contributed by atoms with van der Waals surface area (Å²) in [5.74, 6) is 0.719. The van der Waals surface area contributed by atoms with E-state index in [9.17, 15) is 4.79 Å². The first kappa shape index (κ1) is 17.3. The molecule has 0 unspecified atom stereocenters. The van der Waals surface area contributed by atoms with Gasteiger partial charge in [0.1, 0.15) is 18.1 Å². The zero-order chi connectivity index (χ0) is 18.5. The van der Waals surface area contributed by atoms with E-state index in [4.69, 9.17) is 4.74 Å². The van der Waals surface area contributed by atoms with Gasteiger partial charge in [-0.15, -0.1) is 11.3 Å². The fourth-order valence-corrected chi connectivity index (χ4v) is 3.76. The van der Waals surface area contributed by atoms with E-state index < -0.39 is 0 Å². The van der Waals surface area contributed by atoms with Gasteiger partial charge in [0, 0.05) is 6.20 Å². The number of para-hydroxylation sites is 1. The third kappa shape index (κ3) is 4.01. The van der Waals surface area contributed by atoms with Crippen LogP contribution in [0, 0.1) is 0 Å². The highest BCUT2D eigenvalue weighted by molar-refractivity contribution is 7.17. The standard InChI is InChI=1S/C21H19N3O2S/c25-21(23-15-16-6-4-5-10-22-16)19-14-20-18(9-13-27-20)24(19)11-12-26-17-7-2-1-3-8-17/h1-10,13-14H,11-12,15H2,(H,23,25). The number of hydrogen-bond donors (Lipinski definition) is 1. The van der Waals surface area contributed by atoms with Gasteiger partial charge in [-0.1, -0.05) is 24.3 Å². The molecule has 136 valence electrons. The highest BCUT2D eigenvalue weighted by Crippen LogP contribution is 2.25. The minimum absolute atomic E-state index is 0.108. The van der Waals surface area contributed by atoms with Gasteiger partial charge in [0.05, 0.1) is 29.0 Å². The van der Waals surface area contributed by atoms with Gasteiger partial charge in [0.2, 0.25) is 0 Å². The van der Waals surface area contributed by atoms with Crippen molar-refractivity contribution >= 4 is 27.5 Å². The first-order valence-electron chi connectivity index (χ1n) is 8.74. The summed E-state index contributed by atoms with van der Waals surface area (Å²) >= 11 is 1.63. The van der Waals surface area contributed by atoms with Crippen LogP contribution in [0.1, 0.15) is 16.2 Å². The van der Waals surface area contributed by atoms with Gasteiger partial charge in [-0.3, -0.25) is 9.78 Å². The summed E-state index contributed by atoms with van der Waals surface area (Å²) in [6.07, 6.45) is 1.72. The Bertz CT molecular complexity index is 1030. The number of fused-ring (bicyclic) bond motifs is 1. The van der Waals surface area contributed by atoms with Crippen LogP contribution in [0.3, 0.4) is 0 Å². The van der Waals surface area contributed by atoms with Crippen molar-refractivity contribution < 1.29 is 9.53 Å². The van der Waals surface area contributed by atoms with Crippen molar-refractivity contribution in [2.24, 2.45) is 0 Å². The molecule has 6 heteroatoms. The van der Waals surface area contributed by atoms with Crippen molar-refractivity contribution in [2.75, 3.05) is 6.61 Å². The van der Waals surface area contributed by atoms with Crippen LogP contribution in [0.25, 0.3) is 10.2 Å². The van der Waals surface area contributed by atoms with E-state index in [1.807, 2.05) is 70.6 Å². The molecule has 0 spiro atoms. The second-order valence-corrected chi connectivity index (χ2v) is 6.96. The summed E-state index contributed by atoms with van der Waals surface area (Å²) in [5.41, 5.74) is 2.53. The fourth-order valence-electron chi connectivity index (χ4n) is 2.94. The number of hydrogen-bond acceptors (Lipinski definition) is 4. The third-order valence-electron chi connectivity index (χ3n) is 4.24. The maximum Gasteiger partial charge on any atom is 0.268 e. The Balaban J connectivity index is 1.47. The van der Waals surface area contributed by atoms with E-state index in [0.29, 0.717) is 25.4 Å². The molecule has 0 aliphatic heterocycles. The van der Waals surface area contributed by atoms with E-state index in [1.54, 1.807) is 17.5 Å². The van der Waals surface area contributed by atoms with Gasteiger partial charge in [-0.05, 0) is 41.8 Å². The number of pyridine rings is 1. The molecule has 0 bridgehead atoms. The topological polar surface area (TPSA) is 56.2 Å². The monoisotopic (exact) mass is 377 g/mol. The molecule has 1 aromatic carbocycles. The minimum Gasteiger partial charge on any atom is -0.492 e. The molecule has 1 amide bonds. The van der Waals surface area contributed by atoms with E-state index in [2.05, 4.69) is 10.3 Å². The number of nitrogens with one attached hydrogen (secondary N) is 1. The zero-order valence-electron chi connectivity index (χ0n) is 14.7. The zero-order valence-corrected chi connectivity index (χ0v) is 15.5. The second kappa shape index (κ2) is 8.05. The third-order valence-corrected chi connectivity index (χ3v) is 5.09. The molecule has 0 radical (unpaired) electrons. The summed E-state index contributed by atoms with van der Waals surface area (Å²) in [4.78, 5) is 17.0. The van der Waals surface area contributed by atoms with Crippen LogP contribution >= 0.6 is 11.3 Å². The van der Waals surface area contributed by atoms with Crippen LogP contribution in [0.15, 0.2) is 72.2 Å². The van der Waals surface area contributed by atoms with Gasteiger partial charge in [0.15, 0.2) is 0 Å². The molecule has 4 aromatic rings. The summed E-state index contributed by atoms with van der Waals surface area (Å²) < 4.78 is 8.92. The molecule has 5 nitrogen and oxygen atoms in total. The Morgan fingerprint density at radius 1 is 1.11 bits per heavy atom.